The van der Waals surface area contributed by atoms with E-state index in [1.165, 1.54) is 24.0 Å². The van der Waals surface area contributed by atoms with E-state index in [0.717, 1.165) is 38.8 Å². The summed E-state index contributed by atoms with van der Waals surface area (Å²) in [5, 5.41) is 3.55. The van der Waals surface area contributed by atoms with Gasteiger partial charge in [-0.15, -0.1) is 0 Å². The second-order valence-electron chi connectivity index (χ2n) is 5.33. The topological polar surface area (TPSA) is 24.5 Å². The molecule has 0 radical (unpaired) electrons. The highest BCUT2D eigenvalue weighted by Gasteiger charge is 2.19. The Balaban J connectivity index is 1.78. The summed E-state index contributed by atoms with van der Waals surface area (Å²) in [6.07, 6.45) is 2.70. The smallest absolute Gasteiger partial charge is 0.0589 e. The van der Waals surface area contributed by atoms with Crippen LogP contribution in [0.2, 0.25) is 0 Å². The summed E-state index contributed by atoms with van der Waals surface area (Å²) >= 11 is 0. The van der Waals surface area contributed by atoms with Gasteiger partial charge in [-0.1, -0.05) is 31.2 Å². The third kappa shape index (κ3) is 5.31. The molecule has 1 aromatic rings. The van der Waals surface area contributed by atoms with Crippen molar-refractivity contribution in [2.75, 3.05) is 26.8 Å². The van der Waals surface area contributed by atoms with Crippen LogP contribution >= 0.6 is 0 Å². The SMILES string of the molecule is CCN(CCOC)Cc1ccc(CNC2CC2)cc1. The number of nitrogens with one attached hydrogen (secondary N) is 1. The van der Waals surface area contributed by atoms with Crippen molar-refractivity contribution in [1.29, 1.82) is 0 Å². The van der Waals surface area contributed by atoms with Gasteiger partial charge in [-0.2, -0.15) is 0 Å². The van der Waals surface area contributed by atoms with Gasteiger partial charge in [-0.25, -0.2) is 0 Å². The Morgan fingerprint density at radius 2 is 1.89 bits per heavy atom. The van der Waals surface area contributed by atoms with E-state index in [1.54, 1.807) is 7.11 Å². The van der Waals surface area contributed by atoms with E-state index >= 15 is 0 Å². The van der Waals surface area contributed by atoms with Crippen LogP contribution in [0.5, 0.6) is 0 Å². The van der Waals surface area contributed by atoms with E-state index in [2.05, 4.69) is 41.4 Å². The van der Waals surface area contributed by atoms with E-state index in [4.69, 9.17) is 4.74 Å². The maximum Gasteiger partial charge on any atom is 0.0589 e. The minimum Gasteiger partial charge on any atom is -0.383 e. The van der Waals surface area contributed by atoms with Crippen molar-refractivity contribution in [1.82, 2.24) is 10.2 Å². The predicted octanol–water partition coefficient (Wildman–Crippen LogP) is 2.41. The van der Waals surface area contributed by atoms with Gasteiger partial charge in [0.2, 0.25) is 0 Å². The molecule has 1 saturated carbocycles. The molecule has 0 aromatic heterocycles. The lowest BCUT2D eigenvalue weighted by Gasteiger charge is -2.20. The van der Waals surface area contributed by atoms with Gasteiger partial charge in [0.1, 0.15) is 0 Å². The summed E-state index contributed by atoms with van der Waals surface area (Å²) in [5.74, 6) is 0. The quantitative estimate of drug-likeness (QED) is 0.739. The fourth-order valence-electron chi connectivity index (χ4n) is 2.14. The van der Waals surface area contributed by atoms with Crippen molar-refractivity contribution in [3.05, 3.63) is 35.4 Å². The minimum absolute atomic E-state index is 0.782. The third-order valence-electron chi connectivity index (χ3n) is 3.66. The fourth-order valence-corrected chi connectivity index (χ4v) is 2.14. The molecule has 0 bridgehead atoms. The third-order valence-corrected chi connectivity index (χ3v) is 3.66. The molecule has 0 amide bonds. The summed E-state index contributed by atoms with van der Waals surface area (Å²) in [7, 11) is 1.76. The summed E-state index contributed by atoms with van der Waals surface area (Å²) in [5.41, 5.74) is 2.77. The molecule has 1 fully saturated rings. The highest BCUT2D eigenvalue weighted by molar-refractivity contribution is 5.22. The van der Waals surface area contributed by atoms with Crippen molar-refractivity contribution in [3.8, 4) is 0 Å². The number of hydrogen-bond acceptors (Lipinski definition) is 3. The van der Waals surface area contributed by atoms with Crippen LogP contribution in [0.1, 0.15) is 30.9 Å². The van der Waals surface area contributed by atoms with Crippen molar-refractivity contribution in [2.24, 2.45) is 0 Å². The van der Waals surface area contributed by atoms with Gasteiger partial charge >= 0.3 is 0 Å². The molecule has 19 heavy (non-hydrogen) atoms. The Morgan fingerprint density at radius 1 is 1.21 bits per heavy atom. The molecule has 0 spiro atoms. The van der Waals surface area contributed by atoms with Crippen molar-refractivity contribution in [3.63, 3.8) is 0 Å². The second-order valence-corrected chi connectivity index (χ2v) is 5.33. The van der Waals surface area contributed by atoms with Crippen LogP contribution in [0.15, 0.2) is 24.3 Å². The number of likely N-dealkylation sites (N-methyl/N-ethyl adjacent to an activating group) is 1. The Hall–Kier alpha value is -0.900. The lowest BCUT2D eigenvalue weighted by atomic mass is 10.1. The number of hydrogen-bond donors (Lipinski definition) is 1. The summed E-state index contributed by atoms with van der Waals surface area (Å²) in [6, 6.07) is 9.77. The Morgan fingerprint density at radius 3 is 2.47 bits per heavy atom. The van der Waals surface area contributed by atoms with Gasteiger partial charge in [-0.3, -0.25) is 4.90 Å². The Kier molecular flexibility index (Phi) is 5.83. The first-order chi connectivity index (χ1) is 9.31. The number of rotatable bonds is 9. The van der Waals surface area contributed by atoms with E-state index in [0.29, 0.717) is 0 Å². The van der Waals surface area contributed by atoms with E-state index in [1.807, 2.05) is 0 Å². The van der Waals surface area contributed by atoms with Crippen molar-refractivity contribution < 1.29 is 4.74 Å². The van der Waals surface area contributed by atoms with Crippen molar-refractivity contribution >= 4 is 0 Å². The molecule has 106 valence electrons. The maximum atomic E-state index is 5.14. The van der Waals surface area contributed by atoms with Crippen LogP contribution in [0.3, 0.4) is 0 Å². The molecule has 3 nitrogen and oxygen atoms in total. The van der Waals surface area contributed by atoms with E-state index in [-0.39, 0.29) is 0 Å². The maximum absolute atomic E-state index is 5.14. The zero-order chi connectivity index (χ0) is 13.5. The molecular weight excluding hydrogens is 236 g/mol. The number of nitrogens with zero attached hydrogens (tertiary/aromatic N) is 1. The molecule has 2 rings (SSSR count). The largest absolute Gasteiger partial charge is 0.383 e. The molecule has 0 saturated heterocycles. The number of methoxy groups -OCH3 is 1. The van der Waals surface area contributed by atoms with Crippen LogP contribution in [0.4, 0.5) is 0 Å². The average molecular weight is 262 g/mol. The zero-order valence-electron chi connectivity index (χ0n) is 12.2. The lowest BCUT2D eigenvalue weighted by Crippen LogP contribution is -2.26. The van der Waals surface area contributed by atoms with Gasteiger partial charge in [0.15, 0.2) is 0 Å². The van der Waals surface area contributed by atoms with Crippen LogP contribution in [0, 0.1) is 0 Å². The monoisotopic (exact) mass is 262 g/mol. The second kappa shape index (κ2) is 7.63. The van der Waals surface area contributed by atoms with Gasteiger partial charge in [0, 0.05) is 32.8 Å². The average Bonchev–Trinajstić information content (AvgIpc) is 3.26. The number of ether oxygens (including phenoxy) is 1. The van der Waals surface area contributed by atoms with Gasteiger partial charge in [0.25, 0.3) is 0 Å². The summed E-state index contributed by atoms with van der Waals surface area (Å²) < 4.78 is 5.14. The van der Waals surface area contributed by atoms with Crippen LogP contribution < -0.4 is 5.32 Å². The lowest BCUT2D eigenvalue weighted by molar-refractivity contribution is 0.147. The summed E-state index contributed by atoms with van der Waals surface area (Å²) in [6.45, 7) is 7.08. The molecular formula is C16H26N2O. The first-order valence-corrected chi connectivity index (χ1v) is 7.34. The zero-order valence-corrected chi connectivity index (χ0v) is 12.2. The molecule has 3 heteroatoms. The van der Waals surface area contributed by atoms with E-state index in [9.17, 15) is 0 Å². The highest BCUT2D eigenvalue weighted by atomic mass is 16.5. The Labute approximate surface area is 116 Å². The molecule has 0 unspecified atom stereocenters. The highest BCUT2D eigenvalue weighted by Crippen LogP contribution is 2.19. The minimum atomic E-state index is 0.782. The molecule has 0 aliphatic heterocycles. The molecule has 1 aliphatic rings. The first-order valence-electron chi connectivity index (χ1n) is 7.34. The molecule has 1 aliphatic carbocycles. The standard InChI is InChI=1S/C16H26N2O/c1-3-18(10-11-19-2)13-15-6-4-14(5-7-15)12-17-16-8-9-16/h4-7,16-17H,3,8-13H2,1-2H3. The molecule has 1 N–H and O–H groups in total. The van der Waals surface area contributed by atoms with E-state index < -0.39 is 0 Å². The van der Waals surface area contributed by atoms with Crippen LogP contribution in [-0.4, -0.2) is 37.7 Å². The Bertz CT molecular complexity index is 360. The van der Waals surface area contributed by atoms with Crippen LogP contribution in [-0.2, 0) is 17.8 Å². The fraction of sp³-hybridized carbons (Fsp3) is 0.625. The summed E-state index contributed by atoms with van der Waals surface area (Å²) in [4.78, 5) is 2.40. The van der Waals surface area contributed by atoms with Gasteiger partial charge < -0.3 is 10.1 Å². The van der Waals surface area contributed by atoms with Crippen LogP contribution in [0.25, 0.3) is 0 Å². The predicted molar refractivity (Wildman–Crippen MR) is 79.1 cm³/mol. The first kappa shape index (κ1) is 14.5. The molecule has 0 heterocycles. The van der Waals surface area contributed by atoms with Gasteiger partial charge in [0.05, 0.1) is 6.61 Å². The van der Waals surface area contributed by atoms with Crippen molar-refractivity contribution in [2.45, 2.75) is 38.9 Å². The van der Waals surface area contributed by atoms with Gasteiger partial charge in [-0.05, 0) is 30.5 Å². The molecule has 1 aromatic carbocycles. The normalized spacial score (nSPS) is 15.1. The molecule has 0 atom stereocenters. The number of benzene rings is 1.